The second kappa shape index (κ2) is 6.00. The summed E-state index contributed by atoms with van der Waals surface area (Å²) in [5.74, 6) is -1.12. The molecule has 0 aliphatic carbocycles. The van der Waals surface area contributed by atoms with Gasteiger partial charge in [-0.15, -0.1) is 0 Å². The number of carbonyl (C=O) groups is 1. The summed E-state index contributed by atoms with van der Waals surface area (Å²) >= 11 is 0. The number of benzene rings is 1. The van der Waals surface area contributed by atoms with Crippen LogP contribution in [0.25, 0.3) is 0 Å². The summed E-state index contributed by atoms with van der Waals surface area (Å²) in [6, 6.07) is 5.64. The molecule has 1 aromatic rings. The average Bonchev–Trinajstić information content (AvgIpc) is 2.79. The number of hydrogen-bond acceptors (Lipinski definition) is 6. The maximum atomic E-state index is 11.7. The predicted molar refractivity (Wildman–Crippen MR) is 75.6 cm³/mol. The molecule has 1 amide bonds. The molecule has 1 heterocycles. The molecule has 0 saturated carbocycles. The molecule has 0 unspecified atom stereocenters. The number of carbonyl (C=O) groups excluding carboxylic acids is 1. The van der Waals surface area contributed by atoms with Crippen LogP contribution in [0.5, 0.6) is 0 Å². The van der Waals surface area contributed by atoms with Gasteiger partial charge < -0.3 is 0 Å². The van der Waals surface area contributed by atoms with Crippen molar-refractivity contribution in [3.8, 4) is 0 Å². The Bertz CT molecular complexity index is 681. The van der Waals surface area contributed by atoms with Crippen molar-refractivity contribution in [3.05, 3.63) is 39.9 Å². The summed E-state index contributed by atoms with van der Waals surface area (Å²) in [7, 11) is -3.11. The van der Waals surface area contributed by atoms with E-state index in [0.717, 1.165) is 0 Å². The van der Waals surface area contributed by atoms with Crippen LogP contribution in [-0.2, 0) is 14.6 Å². The first-order valence-electron chi connectivity index (χ1n) is 6.15. The van der Waals surface area contributed by atoms with Gasteiger partial charge in [0.15, 0.2) is 9.84 Å². The monoisotopic (exact) mass is 311 g/mol. The highest BCUT2D eigenvalue weighted by molar-refractivity contribution is 7.91. The number of hydrogen-bond donors (Lipinski definition) is 1. The van der Waals surface area contributed by atoms with Crippen molar-refractivity contribution in [3.63, 3.8) is 0 Å². The van der Waals surface area contributed by atoms with Gasteiger partial charge in [0.2, 0.25) is 5.91 Å². The molecule has 1 aliphatic heterocycles. The lowest BCUT2D eigenvalue weighted by Gasteiger charge is -2.04. The third kappa shape index (κ3) is 4.09. The zero-order chi connectivity index (χ0) is 15.5. The van der Waals surface area contributed by atoms with Crippen LogP contribution in [0.15, 0.2) is 29.4 Å². The summed E-state index contributed by atoms with van der Waals surface area (Å²) < 4.78 is 22.5. The number of sulfone groups is 1. The van der Waals surface area contributed by atoms with E-state index in [0.29, 0.717) is 12.0 Å². The van der Waals surface area contributed by atoms with E-state index in [1.54, 1.807) is 0 Å². The van der Waals surface area contributed by atoms with E-state index in [2.05, 4.69) is 10.5 Å². The fourth-order valence-electron chi connectivity index (χ4n) is 1.95. The minimum absolute atomic E-state index is 0.0250. The van der Waals surface area contributed by atoms with Gasteiger partial charge in [0, 0.05) is 12.1 Å². The minimum atomic E-state index is -3.11. The van der Waals surface area contributed by atoms with E-state index in [4.69, 9.17) is 0 Å². The molecule has 112 valence electrons. The van der Waals surface area contributed by atoms with Crippen molar-refractivity contribution in [2.45, 2.75) is 6.42 Å². The molecule has 1 N–H and O–H groups in total. The second-order valence-electron chi connectivity index (χ2n) is 4.68. The van der Waals surface area contributed by atoms with Crippen molar-refractivity contribution in [1.29, 1.82) is 0 Å². The van der Waals surface area contributed by atoms with Gasteiger partial charge in [-0.2, -0.15) is 5.10 Å². The van der Waals surface area contributed by atoms with Gasteiger partial charge >= 0.3 is 0 Å². The Hall–Kier alpha value is -2.29. The van der Waals surface area contributed by atoms with Crippen molar-refractivity contribution in [1.82, 2.24) is 5.43 Å². The molecule has 1 fully saturated rings. The Morgan fingerprint density at radius 1 is 1.38 bits per heavy atom. The molecular formula is C12H13N3O5S. The van der Waals surface area contributed by atoms with E-state index in [1.165, 1.54) is 30.5 Å². The molecule has 2 rings (SSSR count). The van der Waals surface area contributed by atoms with Gasteiger partial charge in [0.25, 0.3) is 5.69 Å². The lowest BCUT2D eigenvalue weighted by Crippen LogP contribution is -2.27. The van der Waals surface area contributed by atoms with Crippen LogP contribution in [0.2, 0.25) is 0 Å². The van der Waals surface area contributed by atoms with Gasteiger partial charge in [-0.1, -0.05) is 0 Å². The molecule has 1 saturated heterocycles. The van der Waals surface area contributed by atoms with Crippen molar-refractivity contribution in [2.24, 2.45) is 11.0 Å². The van der Waals surface area contributed by atoms with Gasteiger partial charge in [0.1, 0.15) is 0 Å². The molecule has 1 atom stereocenters. The molecule has 0 bridgehead atoms. The standard InChI is InChI=1S/C12H13N3O5S/c16-12(10-5-6-21(19,20)8-10)14-13-7-9-1-3-11(4-2-9)15(17)18/h1-4,7,10H,5-6,8H2,(H,14,16)/b13-7-/t10-/m1/s1. The summed E-state index contributed by atoms with van der Waals surface area (Å²) in [6.45, 7) is 0. The smallest absolute Gasteiger partial charge is 0.269 e. The Balaban J connectivity index is 1.90. The average molecular weight is 311 g/mol. The number of nitro groups is 1. The molecule has 0 spiro atoms. The Morgan fingerprint density at radius 3 is 2.57 bits per heavy atom. The van der Waals surface area contributed by atoms with Crippen LogP contribution in [0.3, 0.4) is 0 Å². The van der Waals surface area contributed by atoms with Crippen molar-refractivity contribution in [2.75, 3.05) is 11.5 Å². The quantitative estimate of drug-likeness (QED) is 0.493. The SMILES string of the molecule is O=C(N/N=C\c1ccc([N+](=O)[O-])cc1)[C@@H]1CCS(=O)(=O)C1. The molecule has 1 aliphatic rings. The van der Waals surface area contributed by atoms with E-state index in [1.807, 2.05) is 0 Å². The normalized spacial score (nSPS) is 20.5. The van der Waals surface area contributed by atoms with E-state index in [9.17, 15) is 23.3 Å². The number of hydrazone groups is 1. The third-order valence-corrected chi connectivity index (χ3v) is 4.86. The predicted octanol–water partition coefficient (Wildman–Crippen LogP) is 0.480. The fourth-order valence-corrected chi connectivity index (χ4v) is 3.69. The van der Waals surface area contributed by atoms with Gasteiger partial charge in [0.05, 0.1) is 28.6 Å². The number of nitrogens with zero attached hydrogens (tertiary/aromatic N) is 2. The van der Waals surface area contributed by atoms with Crippen LogP contribution in [0.1, 0.15) is 12.0 Å². The van der Waals surface area contributed by atoms with Crippen molar-refractivity contribution < 1.29 is 18.1 Å². The summed E-state index contributed by atoms with van der Waals surface area (Å²) in [6.07, 6.45) is 1.65. The molecule has 9 heteroatoms. The summed E-state index contributed by atoms with van der Waals surface area (Å²) in [5, 5.41) is 14.2. The fraction of sp³-hybridized carbons (Fsp3) is 0.333. The molecule has 21 heavy (non-hydrogen) atoms. The highest BCUT2D eigenvalue weighted by Crippen LogP contribution is 2.18. The maximum Gasteiger partial charge on any atom is 0.269 e. The molecular weight excluding hydrogens is 298 g/mol. The zero-order valence-electron chi connectivity index (χ0n) is 10.9. The number of non-ortho nitro benzene ring substituents is 1. The van der Waals surface area contributed by atoms with Crippen LogP contribution in [0.4, 0.5) is 5.69 Å². The van der Waals surface area contributed by atoms with E-state index < -0.39 is 26.6 Å². The largest absolute Gasteiger partial charge is 0.273 e. The molecule has 0 radical (unpaired) electrons. The minimum Gasteiger partial charge on any atom is -0.273 e. The third-order valence-electron chi connectivity index (χ3n) is 3.10. The Morgan fingerprint density at radius 2 is 2.05 bits per heavy atom. The van der Waals surface area contributed by atoms with Gasteiger partial charge in [-0.3, -0.25) is 14.9 Å². The molecule has 1 aromatic carbocycles. The number of rotatable bonds is 4. The first-order chi connectivity index (χ1) is 9.87. The zero-order valence-corrected chi connectivity index (χ0v) is 11.7. The number of nitrogens with one attached hydrogen (secondary N) is 1. The van der Waals surface area contributed by atoms with Crippen LogP contribution >= 0.6 is 0 Å². The first-order valence-corrected chi connectivity index (χ1v) is 7.97. The van der Waals surface area contributed by atoms with Gasteiger partial charge in [-0.25, -0.2) is 13.8 Å². The lowest BCUT2D eigenvalue weighted by atomic mass is 10.1. The Labute approximate surface area is 120 Å². The van der Waals surface area contributed by atoms with Crippen molar-refractivity contribution >= 4 is 27.6 Å². The number of nitro benzene ring substituents is 1. The summed E-state index contributed by atoms with van der Waals surface area (Å²) in [4.78, 5) is 21.7. The molecule has 8 nitrogen and oxygen atoms in total. The van der Waals surface area contributed by atoms with Crippen LogP contribution < -0.4 is 5.43 Å². The van der Waals surface area contributed by atoms with Crippen LogP contribution in [-0.4, -0.2) is 37.0 Å². The highest BCUT2D eigenvalue weighted by atomic mass is 32.2. The van der Waals surface area contributed by atoms with Crippen LogP contribution in [0, 0.1) is 16.0 Å². The first kappa shape index (κ1) is 15.1. The number of amides is 1. The lowest BCUT2D eigenvalue weighted by molar-refractivity contribution is -0.384. The second-order valence-corrected chi connectivity index (χ2v) is 6.91. The van der Waals surface area contributed by atoms with Gasteiger partial charge in [-0.05, 0) is 24.1 Å². The molecule has 0 aromatic heterocycles. The highest BCUT2D eigenvalue weighted by Gasteiger charge is 2.32. The topological polar surface area (TPSA) is 119 Å². The summed E-state index contributed by atoms with van der Waals surface area (Å²) in [5.41, 5.74) is 2.83. The maximum absolute atomic E-state index is 11.7. The van der Waals surface area contributed by atoms with E-state index >= 15 is 0 Å². The Kier molecular flexibility index (Phi) is 4.32. The van der Waals surface area contributed by atoms with E-state index in [-0.39, 0.29) is 17.2 Å².